The number of halogens is 1. The Morgan fingerprint density at radius 2 is 2.12 bits per heavy atom. The molecule has 0 bridgehead atoms. The zero-order chi connectivity index (χ0) is 12.6. The number of hydrogen-bond acceptors (Lipinski definition) is 4. The van der Waals surface area contributed by atoms with Crippen LogP contribution in [0.5, 0.6) is 0 Å². The fraction of sp³-hybridized carbons (Fsp3) is 0.222. The van der Waals surface area contributed by atoms with Crippen LogP contribution in [0, 0.1) is 0 Å². The van der Waals surface area contributed by atoms with E-state index in [2.05, 4.69) is 21.0 Å². The van der Waals surface area contributed by atoms with Crippen molar-refractivity contribution in [3.05, 3.63) is 28.3 Å². The van der Waals surface area contributed by atoms with E-state index in [9.17, 15) is 8.42 Å². The van der Waals surface area contributed by atoms with Gasteiger partial charge in [0.25, 0.3) is 0 Å². The van der Waals surface area contributed by atoms with E-state index >= 15 is 0 Å². The summed E-state index contributed by atoms with van der Waals surface area (Å²) in [6, 6.07) is 3.83. The normalized spacial score (nSPS) is 12.2. The fourth-order valence-electron chi connectivity index (χ4n) is 1.19. The van der Waals surface area contributed by atoms with Gasteiger partial charge in [0, 0.05) is 24.5 Å². The molecule has 0 spiro atoms. The predicted octanol–water partition coefficient (Wildman–Crippen LogP) is 2.03. The van der Waals surface area contributed by atoms with Crippen LogP contribution in [0.25, 0.3) is 10.4 Å². The Bertz CT molecular complexity index is 630. The third kappa shape index (κ3) is 2.44. The number of aromatic nitrogens is 2. The summed E-state index contributed by atoms with van der Waals surface area (Å²) in [6.45, 7) is 0. The fourth-order valence-corrected chi connectivity index (χ4v) is 3.30. The van der Waals surface area contributed by atoms with Gasteiger partial charge >= 0.3 is 10.2 Å². The van der Waals surface area contributed by atoms with Crippen molar-refractivity contribution in [2.75, 3.05) is 14.1 Å². The van der Waals surface area contributed by atoms with Gasteiger partial charge in [-0.2, -0.15) is 21.9 Å². The van der Waals surface area contributed by atoms with Gasteiger partial charge in [-0.3, -0.25) is 0 Å². The van der Waals surface area contributed by atoms with E-state index in [1.165, 1.54) is 31.6 Å². The first kappa shape index (κ1) is 12.7. The molecule has 0 atom stereocenters. The zero-order valence-electron chi connectivity index (χ0n) is 9.16. The molecule has 0 aliphatic heterocycles. The molecule has 2 aromatic heterocycles. The Morgan fingerprint density at radius 1 is 1.41 bits per heavy atom. The van der Waals surface area contributed by atoms with E-state index in [1.54, 1.807) is 6.20 Å². The van der Waals surface area contributed by atoms with E-state index in [1.807, 2.05) is 12.1 Å². The van der Waals surface area contributed by atoms with Crippen LogP contribution < -0.4 is 0 Å². The SMILES string of the molecule is CN(C)S(=O)(=O)n1cc(-c2ccc(Br)s2)cn1. The molecule has 5 nitrogen and oxygen atoms in total. The third-order valence-electron chi connectivity index (χ3n) is 2.12. The lowest BCUT2D eigenvalue weighted by molar-refractivity contribution is 0.504. The van der Waals surface area contributed by atoms with Crippen LogP contribution in [0.4, 0.5) is 0 Å². The van der Waals surface area contributed by atoms with Gasteiger partial charge in [-0.15, -0.1) is 11.3 Å². The number of hydrogen-bond donors (Lipinski definition) is 0. The largest absolute Gasteiger partial charge is 0.322 e. The highest BCUT2D eigenvalue weighted by Gasteiger charge is 2.18. The van der Waals surface area contributed by atoms with Gasteiger partial charge in [0.1, 0.15) is 0 Å². The molecular formula is C9H10BrN3O2S2. The van der Waals surface area contributed by atoms with Gasteiger partial charge in [0.15, 0.2) is 0 Å². The van der Waals surface area contributed by atoms with Crippen molar-refractivity contribution in [1.82, 2.24) is 13.5 Å². The molecule has 0 aliphatic rings. The van der Waals surface area contributed by atoms with Crippen molar-refractivity contribution < 1.29 is 8.42 Å². The minimum Gasteiger partial charge on any atom is -0.189 e. The van der Waals surface area contributed by atoms with Gasteiger partial charge in [-0.1, -0.05) is 0 Å². The molecule has 0 saturated carbocycles. The molecular weight excluding hydrogens is 326 g/mol. The molecule has 2 rings (SSSR count). The average molecular weight is 336 g/mol. The summed E-state index contributed by atoms with van der Waals surface area (Å²) >= 11 is 4.89. The van der Waals surface area contributed by atoms with Crippen LogP contribution in [0.1, 0.15) is 0 Å². The second kappa shape index (κ2) is 4.52. The maximum Gasteiger partial charge on any atom is 0.322 e. The molecule has 0 fully saturated rings. The molecule has 0 unspecified atom stereocenters. The van der Waals surface area contributed by atoms with Crippen LogP contribution in [0.15, 0.2) is 28.3 Å². The summed E-state index contributed by atoms with van der Waals surface area (Å²) < 4.78 is 26.7. The first-order chi connectivity index (χ1) is 7.91. The average Bonchev–Trinajstić information content (AvgIpc) is 2.85. The zero-order valence-corrected chi connectivity index (χ0v) is 12.4. The summed E-state index contributed by atoms with van der Waals surface area (Å²) in [6.07, 6.45) is 3.05. The molecule has 8 heteroatoms. The summed E-state index contributed by atoms with van der Waals surface area (Å²) in [5.74, 6) is 0. The summed E-state index contributed by atoms with van der Waals surface area (Å²) in [5.41, 5.74) is 0.783. The smallest absolute Gasteiger partial charge is 0.189 e. The summed E-state index contributed by atoms with van der Waals surface area (Å²) in [7, 11) is -0.584. The number of thiophene rings is 1. The van der Waals surface area contributed by atoms with Crippen molar-refractivity contribution in [2.45, 2.75) is 0 Å². The van der Waals surface area contributed by atoms with E-state index in [-0.39, 0.29) is 0 Å². The Morgan fingerprint density at radius 3 is 2.65 bits per heavy atom. The third-order valence-corrected chi connectivity index (χ3v) is 5.38. The molecule has 0 N–H and O–H groups in total. The Hall–Kier alpha value is -0.700. The lowest BCUT2D eigenvalue weighted by Gasteiger charge is -2.09. The number of rotatable bonds is 3. The minimum absolute atomic E-state index is 0.783. The van der Waals surface area contributed by atoms with Gasteiger partial charge < -0.3 is 0 Å². The highest BCUT2D eigenvalue weighted by molar-refractivity contribution is 9.11. The van der Waals surface area contributed by atoms with Crippen LogP contribution >= 0.6 is 27.3 Å². The second-order valence-electron chi connectivity index (χ2n) is 3.50. The Balaban J connectivity index is 2.41. The van der Waals surface area contributed by atoms with Crippen molar-refractivity contribution in [3.8, 4) is 10.4 Å². The first-order valence-electron chi connectivity index (χ1n) is 4.64. The van der Waals surface area contributed by atoms with E-state index in [0.29, 0.717) is 0 Å². The molecule has 0 aromatic carbocycles. The van der Waals surface area contributed by atoms with Gasteiger partial charge in [-0.25, -0.2) is 0 Å². The first-order valence-corrected chi connectivity index (χ1v) is 7.65. The van der Waals surface area contributed by atoms with Crippen LogP contribution in [-0.4, -0.2) is 36.0 Å². The van der Waals surface area contributed by atoms with Crippen molar-refractivity contribution >= 4 is 37.5 Å². The maximum atomic E-state index is 11.8. The van der Waals surface area contributed by atoms with Crippen molar-refractivity contribution in [2.24, 2.45) is 0 Å². The maximum absolute atomic E-state index is 11.8. The summed E-state index contributed by atoms with van der Waals surface area (Å²) in [4.78, 5) is 0.970. The Labute approximate surface area is 112 Å². The second-order valence-corrected chi connectivity index (χ2v) is 7.96. The molecule has 0 aliphatic carbocycles. The molecule has 0 amide bonds. The molecule has 17 heavy (non-hydrogen) atoms. The van der Waals surface area contributed by atoms with Crippen molar-refractivity contribution in [3.63, 3.8) is 0 Å². The molecule has 2 aromatic rings. The van der Waals surface area contributed by atoms with E-state index in [0.717, 1.165) is 22.6 Å². The topological polar surface area (TPSA) is 55.2 Å². The van der Waals surface area contributed by atoms with Gasteiger partial charge in [-0.05, 0) is 28.1 Å². The van der Waals surface area contributed by atoms with Crippen molar-refractivity contribution in [1.29, 1.82) is 0 Å². The van der Waals surface area contributed by atoms with Crippen LogP contribution in [0.2, 0.25) is 0 Å². The lowest BCUT2D eigenvalue weighted by atomic mass is 10.3. The minimum atomic E-state index is -3.53. The molecule has 2 heterocycles. The van der Waals surface area contributed by atoms with Gasteiger partial charge in [0.05, 0.1) is 16.2 Å². The Kier molecular flexibility index (Phi) is 3.39. The van der Waals surface area contributed by atoms with Crippen LogP contribution in [0.3, 0.4) is 0 Å². The highest BCUT2D eigenvalue weighted by atomic mass is 79.9. The molecule has 92 valence electrons. The standard InChI is InChI=1S/C9H10BrN3O2S2/c1-12(2)17(14,15)13-6-7(5-11-13)8-3-4-9(10)16-8/h3-6H,1-2H3. The molecule has 0 radical (unpaired) electrons. The van der Waals surface area contributed by atoms with E-state index < -0.39 is 10.2 Å². The predicted molar refractivity (Wildman–Crippen MR) is 71.2 cm³/mol. The monoisotopic (exact) mass is 335 g/mol. The van der Waals surface area contributed by atoms with E-state index in [4.69, 9.17) is 0 Å². The van der Waals surface area contributed by atoms with Crippen LogP contribution in [-0.2, 0) is 10.2 Å². The lowest BCUT2D eigenvalue weighted by Crippen LogP contribution is -2.29. The molecule has 0 saturated heterocycles. The van der Waals surface area contributed by atoms with Gasteiger partial charge in [0.2, 0.25) is 0 Å². The number of nitrogens with zero attached hydrogens (tertiary/aromatic N) is 3. The highest BCUT2D eigenvalue weighted by Crippen LogP contribution is 2.31. The quantitative estimate of drug-likeness (QED) is 0.862. The summed E-state index contributed by atoms with van der Waals surface area (Å²) in [5, 5.41) is 3.87.